The molecule has 0 aliphatic rings. The molecule has 0 amide bonds. The van der Waals surface area contributed by atoms with Crippen LogP contribution < -0.4 is 5.32 Å². The number of benzene rings is 2. The summed E-state index contributed by atoms with van der Waals surface area (Å²) in [5.74, 6) is -0.191. The Hall–Kier alpha value is -0.880. The minimum absolute atomic E-state index is 0.191. The van der Waals surface area contributed by atoms with Crippen molar-refractivity contribution in [3.8, 4) is 0 Å². The van der Waals surface area contributed by atoms with Crippen molar-refractivity contribution in [1.82, 2.24) is 5.32 Å². The number of methoxy groups -OCH3 is 1. The highest BCUT2D eigenvalue weighted by Crippen LogP contribution is 2.33. The fourth-order valence-corrected chi connectivity index (χ4v) is 3.18. The molecular weight excluding hydrogens is 353 g/mol. The van der Waals surface area contributed by atoms with Crippen LogP contribution >= 0.6 is 27.7 Å². The van der Waals surface area contributed by atoms with Crippen LogP contribution in [0.2, 0.25) is 0 Å². The molecule has 2 nitrogen and oxygen atoms in total. The molecule has 112 valence electrons. The van der Waals surface area contributed by atoms with Crippen LogP contribution in [0.1, 0.15) is 5.56 Å². The summed E-state index contributed by atoms with van der Waals surface area (Å²) in [6, 6.07) is 12.9. The van der Waals surface area contributed by atoms with E-state index in [9.17, 15) is 4.39 Å². The van der Waals surface area contributed by atoms with Gasteiger partial charge in [-0.2, -0.15) is 0 Å². The van der Waals surface area contributed by atoms with Crippen LogP contribution in [0.5, 0.6) is 0 Å². The average molecular weight is 370 g/mol. The molecule has 0 heterocycles. The first-order valence-corrected chi connectivity index (χ1v) is 8.22. The summed E-state index contributed by atoms with van der Waals surface area (Å²) in [5.41, 5.74) is 1.13. The maximum Gasteiger partial charge on any atom is 0.137 e. The fraction of sp³-hybridized carbons (Fsp3) is 0.250. The third kappa shape index (κ3) is 5.11. The van der Waals surface area contributed by atoms with Gasteiger partial charge >= 0.3 is 0 Å². The van der Waals surface area contributed by atoms with E-state index < -0.39 is 0 Å². The predicted molar refractivity (Wildman–Crippen MR) is 88.2 cm³/mol. The van der Waals surface area contributed by atoms with Gasteiger partial charge in [-0.15, -0.1) is 0 Å². The van der Waals surface area contributed by atoms with Crippen LogP contribution in [-0.2, 0) is 11.3 Å². The number of halogens is 2. The summed E-state index contributed by atoms with van der Waals surface area (Å²) < 4.78 is 19.8. The van der Waals surface area contributed by atoms with E-state index >= 15 is 0 Å². The standard InChI is InChI=1S/C16H17BrFNOS/c1-20-9-8-19-11-12-10-13(17)6-7-15(12)21-16-5-3-2-4-14(16)18/h2-7,10,19H,8-9,11H2,1H3. The van der Waals surface area contributed by atoms with Crippen molar-refractivity contribution in [2.24, 2.45) is 0 Å². The average Bonchev–Trinajstić information content (AvgIpc) is 2.48. The molecular formula is C16H17BrFNOS. The molecule has 1 N–H and O–H groups in total. The smallest absolute Gasteiger partial charge is 0.137 e. The van der Waals surface area contributed by atoms with Crippen LogP contribution in [0.15, 0.2) is 56.7 Å². The second kappa shape index (κ2) is 8.54. The maximum atomic E-state index is 13.8. The third-order valence-corrected chi connectivity index (χ3v) is 4.54. The lowest BCUT2D eigenvalue weighted by Crippen LogP contribution is -2.18. The van der Waals surface area contributed by atoms with Gasteiger partial charge in [-0.1, -0.05) is 39.8 Å². The second-order valence-electron chi connectivity index (χ2n) is 4.45. The first-order chi connectivity index (χ1) is 10.2. The normalized spacial score (nSPS) is 10.8. The molecule has 0 bridgehead atoms. The molecule has 0 radical (unpaired) electrons. The molecule has 2 aromatic rings. The van der Waals surface area contributed by atoms with Crippen LogP contribution in [-0.4, -0.2) is 20.3 Å². The summed E-state index contributed by atoms with van der Waals surface area (Å²) in [6.45, 7) is 2.18. The van der Waals surface area contributed by atoms with Crippen LogP contribution in [0.3, 0.4) is 0 Å². The number of hydrogen-bond donors (Lipinski definition) is 1. The second-order valence-corrected chi connectivity index (χ2v) is 6.45. The van der Waals surface area contributed by atoms with Crippen molar-refractivity contribution in [3.05, 3.63) is 58.3 Å². The monoisotopic (exact) mass is 369 g/mol. The molecule has 0 aliphatic heterocycles. The Bertz CT molecular complexity index is 594. The molecule has 0 saturated heterocycles. The lowest BCUT2D eigenvalue weighted by molar-refractivity contribution is 0.199. The zero-order valence-corrected chi connectivity index (χ0v) is 14.1. The van der Waals surface area contributed by atoms with Gasteiger partial charge in [0, 0.05) is 34.5 Å². The molecule has 5 heteroatoms. The Kier molecular flexibility index (Phi) is 6.70. The van der Waals surface area contributed by atoms with Crippen LogP contribution in [0, 0.1) is 5.82 Å². The van der Waals surface area contributed by atoms with E-state index in [1.807, 2.05) is 18.2 Å². The van der Waals surface area contributed by atoms with Gasteiger partial charge in [0.05, 0.1) is 6.61 Å². The van der Waals surface area contributed by atoms with E-state index in [2.05, 4.69) is 27.3 Å². The van der Waals surface area contributed by atoms with Gasteiger partial charge < -0.3 is 10.1 Å². The zero-order valence-electron chi connectivity index (χ0n) is 11.7. The Morgan fingerprint density at radius 3 is 2.76 bits per heavy atom. The summed E-state index contributed by atoms with van der Waals surface area (Å²) in [7, 11) is 1.68. The topological polar surface area (TPSA) is 21.3 Å². The maximum absolute atomic E-state index is 13.8. The van der Waals surface area contributed by atoms with E-state index in [0.29, 0.717) is 11.5 Å². The summed E-state index contributed by atoms with van der Waals surface area (Å²) >= 11 is 4.93. The molecule has 21 heavy (non-hydrogen) atoms. The molecule has 0 atom stereocenters. The Morgan fingerprint density at radius 1 is 1.19 bits per heavy atom. The Morgan fingerprint density at radius 2 is 2.00 bits per heavy atom. The quantitative estimate of drug-likeness (QED) is 0.727. The summed E-state index contributed by atoms with van der Waals surface area (Å²) in [6.07, 6.45) is 0. The number of rotatable bonds is 7. The highest BCUT2D eigenvalue weighted by atomic mass is 79.9. The van der Waals surface area contributed by atoms with Gasteiger partial charge in [0.2, 0.25) is 0 Å². The van der Waals surface area contributed by atoms with Crippen molar-refractivity contribution in [2.45, 2.75) is 16.3 Å². The van der Waals surface area contributed by atoms with Crippen molar-refractivity contribution < 1.29 is 9.13 Å². The molecule has 2 aromatic carbocycles. The Labute approximate surface area is 137 Å². The van der Waals surface area contributed by atoms with E-state index in [4.69, 9.17) is 4.74 Å². The zero-order chi connectivity index (χ0) is 15.1. The van der Waals surface area contributed by atoms with Crippen molar-refractivity contribution in [2.75, 3.05) is 20.3 Å². The largest absolute Gasteiger partial charge is 0.383 e. The highest BCUT2D eigenvalue weighted by molar-refractivity contribution is 9.10. The van der Waals surface area contributed by atoms with E-state index in [-0.39, 0.29) is 5.82 Å². The fourth-order valence-electron chi connectivity index (χ4n) is 1.83. The van der Waals surface area contributed by atoms with Gasteiger partial charge in [0.25, 0.3) is 0 Å². The highest BCUT2D eigenvalue weighted by Gasteiger charge is 2.08. The van der Waals surface area contributed by atoms with Crippen LogP contribution in [0.4, 0.5) is 4.39 Å². The van der Waals surface area contributed by atoms with Gasteiger partial charge in [-0.3, -0.25) is 0 Å². The molecule has 0 spiro atoms. The molecule has 0 aliphatic carbocycles. The summed E-state index contributed by atoms with van der Waals surface area (Å²) in [5, 5.41) is 3.32. The van der Waals surface area contributed by atoms with E-state index in [1.165, 1.54) is 17.8 Å². The molecule has 0 aromatic heterocycles. The minimum atomic E-state index is -0.191. The SMILES string of the molecule is COCCNCc1cc(Br)ccc1Sc1ccccc1F. The van der Waals surface area contributed by atoms with Crippen LogP contribution in [0.25, 0.3) is 0 Å². The number of hydrogen-bond acceptors (Lipinski definition) is 3. The Balaban J connectivity index is 2.13. The van der Waals surface area contributed by atoms with Gasteiger partial charge in [-0.05, 0) is 35.9 Å². The van der Waals surface area contributed by atoms with Gasteiger partial charge in [0.1, 0.15) is 5.82 Å². The minimum Gasteiger partial charge on any atom is -0.383 e. The lowest BCUT2D eigenvalue weighted by Gasteiger charge is -2.11. The first-order valence-electron chi connectivity index (χ1n) is 6.61. The number of ether oxygens (including phenoxy) is 1. The first kappa shape index (κ1) is 16.5. The predicted octanol–water partition coefficient (Wildman–Crippen LogP) is 4.48. The van der Waals surface area contributed by atoms with E-state index in [0.717, 1.165) is 28.0 Å². The lowest BCUT2D eigenvalue weighted by atomic mass is 10.2. The van der Waals surface area contributed by atoms with Crippen molar-refractivity contribution >= 4 is 27.7 Å². The molecule has 2 rings (SSSR count). The van der Waals surface area contributed by atoms with Crippen molar-refractivity contribution in [3.63, 3.8) is 0 Å². The number of nitrogens with one attached hydrogen (secondary N) is 1. The summed E-state index contributed by atoms with van der Waals surface area (Å²) in [4.78, 5) is 1.69. The third-order valence-electron chi connectivity index (χ3n) is 2.88. The van der Waals surface area contributed by atoms with Gasteiger partial charge in [0.15, 0.2) is 0 Å². The molecule has 0 saturated carbocycles. The van der Waals surface area contributed by atoms with Gasteiger partial charge in [-0.25, -0.2) is 4.39 Å². The van der Waals surface area contributed by atoms with E-state index in [1.54, 1.807) is 19.2 Å². The van der Waals surface area contributed by atoms with Crippen molar-refractivity contribution in [1.29, 1.82) is 0 Å². The molecule has 0 unspecified atom stereocenters. The molecule has 0 fully saturated rings.